The molecule has 7 nitrogen and oxygen atoms in total. The van der Waals surface area contributed by atoms with Crippen LogP contribution in [-0.4, -0.2) is 39.7 Å². The lowest BCUT2D eigenvalue weighted by Crippen LogP contribution is -2.20. The number of amides is 1. The van der Waals surface area contributed by atoms with Gasteiger partial charge < -0.3 is 4.74 Å². The molecule has 1 amide bonds. The van der Waals surface area contributed by atoms with Gasteiger partial charge in [-0.25, -0.2) is 5.43 Å². The normalized spacial score (nSPS) is 11.0. The van der Waals surface area contributed by atoms with Crippen molar-refractivity contribution in [1.29, 1.82) is 0 Å². The van der Waals surface area contributed by atoms with Gasteiger partial charge in [-0.1, -0.05) is 96.7 Å². The minimum absolute atomic E-state index is 0.132. The molecule has 0 unspecified atom stereocenters. The molecule has 1 heterocycles. The number of hydrogen-bond donors (Lipinski definition) is 1. The zero-order chi connectivity index (χ0) is 26.2. The average molecular weight is 520 g/mol. The van der Waals surface area contributed by atoms with Crippen LogP contribution in [0.4, 0.5) is 0 Å². The molecule has 0 saturated carbocycles. The van der Waals surface area contributed by atoms with Crippen molar-refractivity contribution >= 4 is 23.9 Å². The summed E-state index contributed by atoms with van der Waals surface area (Å²) in [4.78, 5) is 12.5. The summed E-state index contributed by atoms with van der Waals surface area (Å²) in [7, 11) is 1.63. The van der Waals surface area contributed by atoms with Crippen LogP contribution in [0.5, 0.6) is 5.75 Å². The van der Waals surface area contributed by atoms with E-state index in [1.807, 2.05) is 102 Å². The molecule has 0 aliphatic rings. The molecule has 0 aliphatic heterocycles. The van der Waals surface area contributed by atoms with Crippen LogP contribution in [0.1, 0.15) is 5.56 Å². The molecule has 38 heavy (non-hydrogen) atoms. The number of benzene rings is 4. The second-order valence-corrected chi connectivity index (χ2v) is 9.22. The summed E-state index contributed by atoms with van der Waals surface area (Å²) in [5.74, 6) is 1.34. The quantitative estimate of drug-likeness (QED) is 0.150. The second-order valence-electron chi connectivity index (χ2n) is 8.28. The highest BCUT2D eigenvalue weighted by Gasteiger charge is 2.17. The van der Waals surface area contributed by atoms with Gasteiger partial charge in [-0.05, 0) is 41.0 Å². The van der Waals surface area contributed by atoms with E-state index in [9.17, 15) is 4.79 Å². The van der Waals surface area contributed by atoms with E-state index in [4.69, 9.17) is 4.74 Å². The lowest BCUT2D eigenvalue weighted by molar-refractivity contribution is -0.118. The molecule has 0 fully saturated rings. The van der Waals surface area contributed by atoms with Crippen molar-refractivity contribution < 1.29 is 9.53 Å². The Morgan fingerprint density at radius 1 is 0.842 bits per heavy atom. The number of carbonyl (C=O) groups excluding carboxylic acids is 1. The number of hydrogen-bond acceptors (Lipinski definition) is 6. The fourth-order valence-electron chi connectivity index (χ4n) is 3.84. The number of aromatic nitrogens is 3. The zero-order valence-corrected chi connectivity index (χ0v) is 21.5. The first kappa shape index (κ1) is 25.0. The van der Waals surface area contributed by atoms with E-state index >= 15 is 0 Å². The van der Waals surface area contributed by atoms with Crippen LogP contribution in [0.2, 0.25) is 0 Å². The Morgan fingerprint density at radius 2 is 1.47 bits per heavy atom. The fourth-order valence-corrected chi connectivity index (χ4v) is 4.58. The maximum atomic E-state index is 12.5. The summed E-state index contributed by atoms with van der Waals surface area (Å²) in [5.41, 5.74) is 7.56. The Labute approximate surface area is 225 Å². The van der Waals surface area contributed by atoms with Crippen LogP contribution in [-0.2, 0) is 4.79 Å². The number of nitrogens with one attached hydrogen (secondary N) is 1. The van der Waals surface area contributed by atoms with Gasteiger partial charge in [0.15, 0.2) is 11.0 Å². The SMILES string of the molecule is COc1ccc(-n2c(SCC(=O)N/N=C/c3ccc(-c4ccccc4)cc3)nnc2-c2ccccc2)cc1. The molecule has 1 aromatic heterocycles. The summed E-state index contributed by atoms with van der Waals surface area (Å²) < 4.78 is 7.23. The minimum atomic E-state index is -0.238. The third kappa shape index (κ3) is 5.99. The maximum Gasteiger partial charge on any atom is 0.250 e. The Bertz CT molecular complexity index is 1520. The van der Waals surface area contributed by atoms with Crippen LogP contribution in [0.25, 0.3) is 28.2 Å². The highest BCUT2D eigenvalue weighted by Crippen LogP contribution is 2.28. The molecule has 0 radical (unpaired) electrons. The van der Waals surface area contributed by atoms with Gasteiger partial charge in [-0.15, -0.1) is 10.2 Å². The number of carbonyl (C=O) groups is 1. The lowest BCUT2D eigenvalue weighted by atomic mass is 10.0. The standard InChI is InChI=1S/C30H25N5O2S/c1-37-27-18-16-26(17-19-27)35-29(25-10-6-3-7-11-25)33-34-30(35)38-21-28(36)32-31-20-22-12-14-24(15-13-22)23-8-4-2-5-9-23/h2-20H,21H2,1H3,(H,32,36)/b31-20+. The van der Waals surface area contributed by atoms with Gasteiger partial charge in [0.2, 0.25) is 0 Å². The lowest BCUT2D eigenvalue weighted by Gasteiger charge is -2.11. The first-order chi connectivity index (χ1) is 18.7. The van der Waals surface area contributed by atoms with Gasteiger partial charge in [0.1, 0.15) is 5.75 Å². The summed E-state index contributed by atoms with van der Waals surface area (Å²) >= 11 is 1.29. The van der Waals surface area contributed by atoms with Gasteiger partial charge in [0, 0.05) is 11.3 Å². The van der Waals surface area contributed by atoms with Gasteiger partial charge in [-0.2, -0.15) is 5.10 Å². The van der Waals surface area contributed by atoms with Crippen LogP contribution in [0.3, 0.4) is 0 Å². The van der Waals surface area contributed by atoms with Gasteiger partial charge in [-0.3, -0.25) is 9.36 Å². The van der Waals surface area contributed by atoms with Crippen molar-refractivity contribution in [3.8, 4) is 34.0 Å². The minimum Gasteiger partial charge on any atom is -0.497 e. The van der Waals surface area contributed by atoms with Crippen LogP contribution >= 0.6 is 11.8 Å². The van der Waals surface area contributed by atoms with Crippen molar-refractivity contribution in [3.05, 3.63) is 115 Å². The predicted octanol–water partition coefficient (Wildman–Crippen LogP) is 5.85. The second kappa shape index (κ2) is 12.0. The van der Waals surface area contributed by atoms with Gasteiger partial charge in [0.25, 0.3) is 5.91 Å². The van der Waals surface area contributed by atoms with Crippen molar-refractivity contribution in [2.45, 2.75) is 5.16 Å². The summed E-state index contributed by atoms with van der Waals surface area (Å²) in [5, 5.41) is 13.5. The Morgan fingerprint density at radius 3 is 2.13 bits per heavy atom. The predicted molar refractivity (Wildman–Crippen MR) is 152 cm³/mol. The van der Waals surface area contributed by atoms with E-state index < -0.39 is 0 Å². The molecule has 5 rings (SSSR count). The van der Waals surface area contributed by atoms with Crippen molar-refractivity contribution in [1.82, 2.24) is 20.2 Å². The molecule has 5 aromatic rings. The highest BCUT2D eigenvalue weighted by molar-refractivity contribution is 7.99. The average Bonchev–Trinajstić information content (AvgIpc) is 3.41. The van der Waals surface area contributed by atoms with Crippen molar-refractivity contribution in [2.24, 2.45) is 5.10 Å². The summed E-state index contributed by atoms with van der Waals surface area (Å²) in [6.45, 7) is 0. The Hall–Kier alpha value is -4.69. The van der Waals surface area contributed by atoms with E-state index in [-0.39, 0.29) is 11.7 Å². The number of nitrogens with zero attached hydrogens (tertiary/aromatic N) is 4. The van der Waals surface area contributed by atoms with Crippen LogP contribution < -0.4 is 10.2 Å². The molecule has 0 spiro atoms. The molecule has 8 heteroatoms. The van der Waals surface area contributed by atoms with E-state index in [0.717, 1.165) is 33.7 Å². The fraction of sp³-hybridized carbons (Fsp3) is 0.0667. The third-order valence-electron chi connectivity index (χ3n) is 5.75. The topological polar surface area (TPSA) is 81.4 Å². The third-order valence-corrected chi connectivity index (χ3v) is 6.68. The molecule has 1 N–H and O–H groups in total. The molecule has 4 aromatic carbocycles. The first-order valence-electron chi connectivity index (χ1n) is 12.0. The number of hydrazone groups is 1. The Balaban J connectivity index is 1.25. The van der Waals surface area contributed by atoms with Crippen LogP contribution in [0, 0.1) is 0 Å². The smallest absolute Gasteiger partial charge is 0.250 e. The van der Waals surface area contributed by atoms with E-state index in [1.165, 1.54) is 11.8 Å². The molecular formula is C30H25N5O2S. The monoisotopic (exact) mass is 519 g/mol. The van der Waals surface area contributed by atoms with E-state index in [0.29, 0.717) is 11.0 Å². The van der Waals surface area contributed by atoms with Crippen molar-refractivity contribution in [2.75, 3.05) is 12.9 Å². The summed E-state index contributed by atoms with van der Waals surface area (Å²) in [6.07, 6.45) is 1.63. The largest absolute Gasteiger partial charge is 0.497 e. The summed E-state index contributed by atoms with van der Waals surface area (Å²) in [6, 6.07) is 35.6. The molecular weight excluding hydrogens is 494 g/mol. The first-order valence-corrected chi connectivity index (χ1v) is 13.0. The maximum absolute atomic E-state index is 12.5. The van der Waals surface area contributed by atoms with Crippen LogP contribution in [0.15, 0.2) is 119 Å². The molecule has 0 saturated heterocycles. The molecule has 0 aliphatic carbocycles. The van der Waals surface area contributed by atoms with Gasteiger partial charge in [0.05, 0.1) is 19.1 Å². The number of rotatable bonds is 9. The molecule has 0 bridgehead atoms. The van der Waals surface area contributed by atoms with E-state index in [2.05, 4.69) is 32.9 Å². The molecule has 188 valence electrons. The van der Waals surface area contributed by atoms with Crippen molar-refractivity contribution in [3.63, 3.8) is 0 Å². The number of thioether (sulfide) groups is 1. The number of methoxy groups -OCH3 is 1. The van der Waals surface area contributed by atoms with Gasteiger partial charge >= 0.3 is 0 Å². The zero-order valence-electron chi connectivity index (χ0n) is 20.7. The highest BCUT2D eigenvalue weighted by atomic mass is 32.2. The Kier molecular flexibility index (Phi) is 7.91. The van der Waals surface area contributed by atoms with E-state index in [1.54, 1.807) is 13.3 Å². The number of ether oxygens (including phenoxy) is 1. The molecule has 0 atom stereocenters.